The van der Waals surface area contributed by atoms with Crippen LogP contribution in [-0.2, 0) is 22.1 Å². The number of phenols is 1. The van der Waals surface area contributed by atoms with Gasteiger partial charge in [-0.3, -0.25) is 14.7 Å². The Bertz CT molecular complexity index is 1380. The van der Waals surface area contributed by atoms with E-state index in [9.17, 15) is 19.1 Å². The van der Waals surface area contributed by atoms with Crippen LogP contribution < -0.4 is 4.74 Å². The number of halogens is 1. The first-order chi connectivity index (χ1) is 19.4. The summed E-state index contributed by atoms with van der Waals surface area (Å²) in [5, 5.41) is 11.5. The Kier molecular flexibility index (Phi) is 8.75. The van der Waals surface area contributed by atoms with Gasteiger partial charge < -0.3 is 28.7 Å². The zero-order chi connectivity index (χ0) is 28.2. The third kappa shape index (κ3) is 5.88. The van der Waals surface area contributed by atoms with E-state index in [2.05, 4.69) is 9.88 Å². The molecule has 1 fully saturated rings. The molecular weight excluding hydrogens is 538 g/mol. The van der Waals surface area contributed by atoms with Crippen molar-refractivity contribution in [3.63, 3.8) is 0 Å². The lowest BCUT2D eigenvalue weighted by molar-refractivity contribution is 0.0764. The standard InChI is InChI=1S/C28H32FN4O6P/c1-3-37-40(38-4-2)18-31-12-14-32(15-13-31)28(36)39-26-21-6-5-11-30-24(21)25(34)23-22(26)17-33(27(23)35)16-19-7-9-20(29)10-8-19/h5-11,34H,3-4,12-18H2,1-2H3. The zero-order valence-electron chi connectivity index (χ0n) is 22.5. The third-order valence-corrected chi connectivity index (χ3v) is 8.63. The Hall–Kier alpha value is -3.37. The van der Waals surface area contributed by atoms with Crippen molar-refractivity contribution in [1.29, 1.82) is 0 Å². The van der Waals surface area contributed by atoms with Gasteiger partial charge in [-0.25, -0.2) is 9.18 Å². The molecular formula is C28H32FN4O6P. The van der Waals surface area contributed by atoms with Crippen molar-refractivity contribution in [2.24, 2.45) is 0 Å². The van der Waals surface area contributed by atoms with E-state index in [1.165, 1.54) is 23.2 Å². The number of benzene rings is 2. The van der Waals surface area contributed by atoms with Crippen molar-refractivity contribution in [3.05, 3.63) is 65.1 Å². The summed E-state index contributed by atoms with van der Waals surface area (Å²) in [4.78, 5) is 36.4. The van der Waals surface area contributed by atoms with Crippen LogP contribution >= 0.6 is 8.38 Å². The molecule has 0 spiro atoms. The quantitative estimate of drug-likeness (QED) is 0.370. The largest absolute Gasteiger partial charge is 0.505 e. The van der Waals surface area contributed by atoms with E-state index in [0.717, 1.165) is 5.56 Å². The fourth-order valence-corrected chi connectivity index (χ4v) is 6.39. The highest BCUT2D eigenvalue weighted by Gasteiger charge is 2.37. The average Bonchev–Trinajstić information content (AvgIpc) is 3.28. The number of amides is 2. The van der Waals surface area contributed by atoms with E-state index < -0.39 is 20.4 Å². The molecule has 40 heavy (non-hydrogen) atoms. The number of hydrogen-bond donors (Lipinski definition) is 1. The maximum Gasteiger partial charge on any atom is 0.415 e. The Balaban J connectivity index is 1.34. The minimum Gasteiger partial charge on any atom is -0.505 e. The highest BCUT2D eigenvalue weighted by molar-refractivity contribution is 7.47. The van der Waals surface area contributed by atoms with Gasteiger partial charge in [-0.1, -0.05) is 12.1 Å². The van der Waals surface area contributed by atoms with E-state index in [4.69, 9.17) is 13.8 Å². The molecule has 212 valence electrons. The average molecular weight is 571 g/mol. The van der Waals surface area contributed by atoms with Crippen LogP contribution in [0.3, 0.4) is 0 Å². The minimum absolute atomic E-state index is 0.0705. The lowest BCUT2D eigenvalue weighted by Crippen LogP contribution is -2.49. The van der Waals surface area contributed by atoms with Crippen LogP contribution in [0.5, 0.6) is 11.5 Å². The molecule has 2 amide bonds. The first-order valence-electron chi connectivity index (χ1n) is 13.3. The van der Waals surface area contributed by atoms with Crippen molar-refractivity contribution in [3.8, 4) is 11.5 Å². The lowest BCUT2D eigenvalue weighted by atomic mass is 10.0. The van der Waals surface area contributed by atoms with Crippen LogP contribution in [0.25, 0.3) is 10.9 Å². The summed E-state index contributed by atoms with van der Waals surface area (Å²) < 4.78 is 30.8. The van der Waals surface area contributed by atoms with Crippen molar-refractivity contribution in [2.45, 2.75) is 26.9 Å². The second kappa shape index (κ2) is 12.4. The molecule has 0 radical (unpaired) electrons. The fraction of sp³-hybridized carbons (Fsp3) is 0.393. The van der Waals surface area contributed by atoms with Gasteiger partial charge in [0.05, 0.1) is 31.6 Å². The molecule has 2 aromatic carbocycles. The topological polar surface area (TPSA) is 105 Å². The summed E-state index contributed by atoms with van der Waals surface area (Å²) in [5.74, 6) is -0.801. The molecule has 5 rings (SSSR count). The van der Waals surface area contributed by atoms with Gasteiger partial charge in [0.15, 0.2) is 14.1 Å². The molecule has 2 aliphatic rings. The Morgan fingerprint density at radius 2 is 1.77 bits per heavy atom. The summed E-state index contributed by atoms with van der Waals surface area (Å²) in [6, 6.07) is 9.28. The number of hydrogen-bond acceptors (Lipinski definition) is 8. The summed E-state index contributed by atoms with van der Waals surface area (Å²) in [5.41, 5.74) is 1.42. The Morgan fingerprint density at radius 1 is 1.07 bits per heavy atom. The molecule has 10 nitrogen and oxygen atoms in total. The highest BCUT2D eigenvalue weighted by atomic mass is 31.2. The van der Waals surface area contributed by atoms with Crippen molar-refractivity contribution >= 4 is 31.3 Å². The van der Waals surface area contributed by atoms with Gasteiger partial charge in [0.1, 0.15) is 17.1 Å². The fourth-order valence-electron chi connectivity index (χ4n) is 4.97. The van der Waals surface area contributed by atoms with Crippen LogP contribution in [0.4, 0.5) is 9.18 Å². The summed E-state index contributed by atoms with van der Waals surface area (Å²) in [6.45, 7) is 7.61. The van der Waals surface area contributed by atoms with E-state index in [0.29, 0.717) is 56.6 Å². The molecule has 0 atom stereocenters. The van der Waals surface area contributed by atoms with E-state index in [-0.39, 0.29) is 41.5 Å². The smallest absolute Gasteiger partial charge is 0.415 e. The van der Waals surface area contributed by atoms with Crippen LogP contribution in [0.2, 0.25) is 0 Å². The van der Waals surface area contributed by atoms with Gasteiger partial charge in [0, 0.05) is 49.9 Å². The number of pyridine rings is 1. The molecule has 0 saturated carbocycles. The molecule has 2 aliphatic heterocycles. The van der Waals surface area contributed by atoms with Crippen molar-refractivity contribution in [2.75, 3.05) is 45.7 Å². The van der Waals surface area contributed by atoms with Gasteiger partial charge >= 0.3 is 6.09 Å². The zero-order valence-corrected chi connectivity index (χ0v) is 23.4. The number of piperazine rings is 1. The maximum absolute atomic E-state index is 13.4. The summed E-state index contributed by atoms with van der Waals surface area (Å²) in [6.07, 6.45) is 1.65. The predicted molar refractivity (Wildman–Crippen MR) is 148 cm³/mol. The number of rotatable bonds is 9. The van der Waals surface area contributed by atoms with Crippen LogP contribution in [0, 0.1) is 5.82 Å². The highest BCUT2D eigenvalue weighted by Crippen LogP contribution is 2.44. The Labute approximate surface area is 233 Å². The molecule has 1 saturated heterocycles. The third-order valence-electron chi connectivity index (χ3n) is 6.91. The number of aromatic hydroxyl groups is 1. The summed E-state index contributed by atoms with van der Waals surface area (Å²) >= 11 is 0. The first kappa shape index (κ1) is 28.2. The van der Waals surface area contributed by atoms with Crippen LogP contribution in [-0.4, -0.2) is 82.5 Å². The van der Waals surface area contributed by atoms with E-state index in [1.54, 1.807) is 29.2 Å². The molecule has 0 bridgehead atoms. The van der Waals surface area contributed by atoms with E-state index >= 15 is 0 Å². The number of phenolic OH excluding ortho intramolecular Hbond substituents is 1. The van der Waals surface area contributed by atoms with Gasteiger partial charge in [-0.05, 0) is 43.7 Å². The van der Waals surface area contributed by atoms with E-state index in [1.807, 2.05) is 13.8 Å². The number of aromatic nitrogens is 1. The second-order valence-corrected chi connectivity index (χ2v) is 11.0. The van der Waals surface area contributed by atoms with Gasteiger partial charge in [0.2, 0.25) is 0 Å². The molecule has 0 unspecified atom stereocenters. The number of carbonyl (C=O) groups excluding carboxylic acids is 2. The second-order valence-electron chi connectivity index (χ2n) is 9.50. The molecule has 1 N–H and O–H groups in total. The van der Waals surface area contributed by atoms with Crippen molar-refractivity contribution < 1.29 is 32.9 Å². The molecule has 12 heteroatoms. The lowest BCUT2D eigenvalue weighted by Gasteiger charge is -2.35. The summed E-state index contributed by atoms with van der Waals surface area (Å²) in [7, 11) is -1.00. The maximum atomic E-state index is 13.4. The predicted octanol–water partition coefficient (Wildman–Crippen LogP) is 4.69. The molecule has 3 heterocycles. The Morgan fingerprint density at radius 3 is 2.45 bits per heavy atom. The van der Waals surface area contributed by atoms with Crippen LogP contribution in [0.1, 0.15) is 35.3 Å². The molecule has 3 aromatic rings. The van der Waals surface area contributed by atoms with Crippen LogP contribution in [0.15, 0.2) is 42.6 Å². The number of carbonyl (C=O) groups is 2. The molecule has 1 aromatic heterocycles. The molecule has 0 aliphatic carbocycles. The monoisotopic (exact) mass is 570 g/mol. The number of fused-ring (bicyclic) bond motifs is 2. The number of ether oxygens (including phenoxy) is 1. The normalized spacial score (nSPS) is 15.8. The first-order valence-corrected chi connectivity index (χ1v) is 14.6. The minimum atomic E-state index is -1.00. The van der Waals surface area contributed by atoms with Gasteiger partial charge in [0.25, 0.3) is 5.91 Å². The van der Waals surface area contributed by atoms with Gasteiger partial charge in [-0.2, -0.15) is 0 Å². The van der Waals surface area contributed by atoms with Gasteiger partial charge in [-0.15, -0.1) is 0 Å². The SMILES string of the molecule is CCOP(CN1CCN(C(=O)Oc2c3c(c(O)c4ncccc24)C(=O)N(Cc2ccc(F)cc2)C3)CC1)OCC. The van der Waals surface area contributed by atoms with Crippen molar-refractivity contribution in [1.82, 2.24) is 19.7 Å². The number of nitrogens with zero attached hydrogens (tertiary/aromatic N) is 4.